The van der Waals surface area contributed by atoms with Crippen LogP contribution in [0.4, 0.5) is 5.69 Å². The third-order valence-electron chi connectivity index (χ3n) is 2.20. The summed E-state index contributed by atoms with van der Waals surface area (Å²) in [5.41, 5.74) is -0.0241. The Balaban J connectivity index is 2.84. The van der Waals surface area contributed by atoms with E-state index in [2.05, 4.69) is 11.9 Å². The molecule has 20 heavy (non-hydrogen) atoms. The highest BCUT2D eigenvalue weighted by Gasteiger charge is 2.16. The summed E-state index contributed by atoms with van der Waals surface area (Å²) >= 11 is 5.67. The first-order chi connectivity index (χ1) is 9.25. The topological polar surface area (TPSA) is 101 Å². The van der Waals surface area contributed by atoms with Gasteiger partial charge in [0, 0.05) is 5.69 Å². The Morgan fingerprint density at radius 3 is 2.60 bits per heavy atom. The molecule has 0 heterocycles. The van der Waals surface area contributed by atoms with Gasteiger partial charge in [-0.25, -0.2) is 13.2 Å². The Morgan fingerprint density at radius 1 is 1.40 bits per heavy atom. The summed E-state index contributed by atoms with van der Waals surface area (Å²) in [6.45, 7) is 3.29. The van der Waals surface area contributed by atoms with Crippen molar-refractivity contribution in [1.82, 2.24) is 0 Å². The molecule has 1 aromatic carbocycles. The monoisotopic (exact) mass is 317 g/mol. The zero-order valence-corrected chi connectivity index (χ0v) is 11.9. The molecule has 0 atom stereocenters. The number of rotatable bonds is 6. The first-order valence-corrected chi connectivity index (χ1v) is 7.59. The standard InChI is InChI=1S/C12H12ClNO5S/c1-2-5-20(18,19)7-11(15)14-8-3-4-10(13)9(6-8)12(16)17/h2-4,6H,1,5,7H2,(H,14,15)(H,16,17). The number of nitrogens with one attached hydrogen (secondary N) is 1. The second-order valence-electron chi connectivity index (χ2n) is 3.89. The minimum Gasteiger partial charge on any atom is -0.478 e. The third-order valence-corrected chi connectivity index (χ3v) is 3.98. The van der Waals surface area contributed by atoms with Crippen molar-refractivity contribution in [2.45, 2.75) is 0 Å². The summed E-state index contributed by atoms with van der Waals surface area (Å²) in [6.07, 6.45) is 1.19. The highest BCUT2D eigenvalue weighted by molar-refractivity contribution is 7.92. The van der Waals surface area contributed by atoms with Crippen LogP contribution in [-0.4, -0.2) is 36.9 Å². The number of hydrogen-bond donors (Lipinski definition) is 2. The van der Waals surface area contributed by atoms with Gasteiger partial charge >= 0.3 is 5.97 Å². The molecular weight excluding hydrogens is 306 g/mol. The van der Waals surface area contributed by atoms with E-state index in [1.165, 1.54) is 18.2 Å². The predicted octanol–water partition coefficient (Wildman–Crippen LogP) is 1.58. The van der Waals surface area contributed by atoms with Crippen molar-refractivity contribution in [2.75, 3.05) is 16.8 Å². The minimum atomic E-state index is -3.56. The molecule has 1 amide bonds. The summed E-state index contributed by atoms with van der Waals surface area (Å²) in [4.78, 5) is 22.4. The van der Waals surface area contributed by atoms with Gasteiger partial charge in [0.2, 0.25) is 5.91 Å². The number of carbonyl (C=O) groups excluding carboxylic acids is 1. The van der Waals surface area contributed by atoms with Crippen molar-refractivity contribution in [3.05, 3.63) is 41.4 Å². The molecule has 0 radical (unpaired) electrons. The number of carbonyl (C=O) groups is 2. The fourth-order valence-corrected chi connectivity index (χ4v) is 2.55. The van der Waals surface area contributed by atoms with Gasteiger partial charge in [-0.2, -0.15) is 0 Å². The van der Waals surface area contributed by atoms with Gasteiger partial charge in [0.1, 0.15) is 5.75 Å². The van der Waals surface area contributed by atoms with Gasteiger partial charge in [-0.3, -0.25) is 4.79 Å². The molecule has 0 aliphatic heterocycles. The number of carboxylic acid groups (broad SMARTS) is 1. The largest absolute Gasteiger partial charge is 0.478 e. The van der Waals surface area contributed by atoms with Crippen LogP contribution in [-0.2, 0) is 14.6 Å². The average Bonchev–Trinajstić information content (AvgIpc) is 2.30. The van der Waals surface area contributed by atoms with Crippen LogP contribution in [0.15, 0.2) is 30.9 Å². The van der Waals surface area contributed by atoms with E-state index in [9.17, 15) is 18.0 Å². The quantitative estimate of drug-likeness (QED) is 0.776. The maximum Gasteiger partial charge on any atom is 0.337 e. The fourth-order valence-electron chi connectivity index (χ4n) is 1.40. The fraction of sp³-hybridized carbons (Fsp3) is 0.167. The number of anilines is 1. The lowest BCUT2D eigenvalue weighted by Gasteiger charge is -2.07. The Labute approximate surface area is 121 Å². The molecule has 2 N–H and O–H groups in total. The third kappa shape index (κ3) is 4.67. The van der Waals surface area contributed by atoms with E-state index in [-0.39, 0.29) is 22.0 Å². The van der Waals surface area contributed by atoms with Crippen molar-refractivity contribution >= 4 is 39.0 Å². The summed E-state index contributed by atoms with van der Waals surface area (Å²) in [6, 6.07) is 3.84. The summed E-state index contributed by atoms with van der Waals surface area (Å²) < 4.78 is 22.8. The number of carboxylic acids is 1. The van der Waals surface area contributed by atoms with E-state index >= 15 is 0 Å². The molecule has 0 saturated carbocycles. The van der Waals surface area contributed by atoms with Crippen molar-refractivity contribution in [3.63, 3.8) is 0 Å². The van der Waals surface area contributed by atoms with Crippen LogP contribution in [0.1, 0.15) is 10.4 Å². The van der Waals surface area contributed by atoms with E-state index < -0.39 is 27.5 Å². The molecule has 8 heteroatoms. The lowest BCUT2D eigenvalue weighted by Crippen LogP contribution is -2.24. The van der Waals surface area contributed by atoms with Gasteiger partial charge in [-0.1, -0.05) is 17.7 Å². The second-order valence-corrected chi connectivity index (χ2v) is 6.41. The van der Waals surface area contributed by atoms with Crippen LogP contribution >= 0.6 is 11.6 Å². The molecule has 0 aliphatic carbocycles. The lowest BCUT2D eigenvalue weighted by molar-refractivity contribution is -0.113. The molecule has 0 fully saturated rings. The van der Waals surface area contributed by atoms with Crippen molar-refractivity contribution in [1.29, 1.82) is 0 Å². The average molecular weight is 318 g/mol. The van der Waals surface area contributed by atoms with E-state index in [0.717, 1.165) is 6.07 Å². The van der Waals surface area contributed by atoms with E-state index in [4.69, 9.17) is 16.7 Å². The molecule has 0 aromatic heterocycles. The Bertz CT molecular complexity index is 654. The first-order valence-electron chi connectivity index (χ1n) is 5.39. The molecule has 1 rings (SSSR count). The maximum atomic E-state index is 11.6. The van der Waals surface area contributed by atoms with Crippen LogP contribution in [0.25, 0.3) is 0 Å². The molecule has 0 aliphatic rings. The van der Waals surface area contributed by atoms with Gasteiger partial charge in [0.25, 0.3) is 0 Å². The van der Waals surface area contributed by atoms with Crippen LogP contribution in [0.5, 0.6) is 0 Å². The number of benzene rings is 1. The molecule has 0 unspecified atom stereocenters. The molecule has 0 bridgehead atoms. The number of hydrogen-bond acceptors (Lipinski definition) is 4. The zero-order valence-electron chi connectivity index (χ0n) is 10.3. The van der Waals surface area contributed by atoms with E-state index in [1.807, 2.05) is 0 Å². The Hall–Kier alpha value is -1.86. The van der Waals surface area contributed by atoms with Crippen LogP contribution in [0.2, 0.25) is 5.02 Å². The van der Waals surface area contributed by atoms with Crippen molar-refractivity contribution in [3.8, 4) is 0 Å². The van der Waals surface area contributed by atoms with Gasteiger partial charge in [0.05, 0.1) is 16.3 Å². The Morgan fingerprint density at radius 2 is 2.05 bits per heavy atom. The van der Waals surface area contributed by atoms with Crippen LogP contribution in [0, 0.1) is 0 Å². The molecular formula is C12H12ClNO5S. The summed E-state index contributed by atoms with van der Waals surface area (Å²) in [5.74, 6) is -3.01. The van der Waals surface area contributed by atoms with Crippen molar-refractivity contribution < 1.29 is 23.1 Å². The lowest BCUT2D eigenvalue weighted by atomic mass is 10.2. The van der Waals surface area contributed by atoms with Gasteiger partial charge in [-0.05, 0) is 18.2 Å². The maximum absolute atomic E-state index is 11.6. The number of amides is 1. The normalized spacial score (nSPS) is 10.8. The number of halogens is 1. The molecule has 108 valence electrons. The molecule has 0 saturated heterocycles. The second kappa shape index (κ2) is 6.53. The predicted molar refractivity (Wildman–Crippen MR) is 75.9 cm³/mol. The summed E-state index contributed by atoms with van der Waals surface area (Å²) in [7, 11) is -3.56. The highest BCUT2D eigenvalue weighted by atomic mass is 35.5. The smallest absolute Gasteiger partial charge is 0.337 e. The number of sulfone groups is 1. The minimum absolute atomic E-state index is 0.0229. The SMILES string of the molecule is C=CCS(=O)(=O)CC(=O)Nc1ccc(Cl)c(C(=O)O)c1. The zero-order chi connectivity index (χ0) is 15.3. The van der Waals surface area contributed by atoms with Gasteiger partial charge in [-0.15, -0.1) is 6.58 Å². The molecule has 6 nitrogen and oxygen atoms in total. The van der Waals surface area contributed by atoms with Gasteiger partial charge in [0.15, 0.2) is 9.84 Å². The number of aromatic carboxylic acids is 1. The highest BCUT2D eigenvalue weighted by Crippen LogP contribution is 2.20. The Kier molecular flexibility index (Phi) is 5.29. The molecule has 1 aromatic rings. The first kappa shape index (κ1) is 16.2. The summed E-state index contributed by atoms with van der Waals surface area (Å²) in [5, 5.41) is 11.2. The van der Waals surface area contributed by atoms with E-state index in [1.54, 1.807) is 0 Å². The van der Waals surface area contributed by atoms with E-state index in [0.29, 0.717) is 0 Å². The van der Waals surface area contributed by atoms with Gasteiger partial charge < -0.3 is 10.4 Å². The molecule has 0 spiro atoms. The van der Waals surface area contributed by atoms with Crippen LogP contribution in [0.3, 0.4) is 0 Å². The van der Waals surface area contributed by atoms with Crippen LogP contribution < -0.4 is 5.32 Å². The van der Waals surface area contributed by atoms with Crippen molar-refractivity contribution in [2.24, 2.45) is 0 Å².